The molecule has 2 heterocycles. The topological polar surface area (TPSA) is 88.6 Å². The van der Waals surface area contributed by atoms with Crippen molar-refractivity contribution in [1.82, 2.24) is 14.9 Å². The van der Waals surface area contributed by atoms with E-state index < -0.39 is 0 Å². The molecule has 2 N–H and O–H groups in total. The van der Waals surface area contributed by atoms with Crippen molar-refractivity contribution in [3.05, 3.63) is 42.4 Å². The van der Waals surface area contributed by atoms with E-state index in [4.69, 9.17) is 9.47 Å². The van der Waals surface area contributed by atoms with Gasteiger partial charge in [-0.15, -0.1) is 0 Å². The first-order valence-electron chi connectivity index (χ1n) is 9.15. The Balaban J connectivity index is 1.46. The van der Waals surface area contributed by atoms with E-state index in [1.54, 1.807) is 18.3 Å². The molecular weight excluding hydrogens is 346 g/mol. The molecule has 0 aliphatic carbocycles. The number of hydrogen-bond donors (Lipinski definition) is 2. The fourth-order valence-corrected chi connectivity index (χ4v) is 2.70. The minimum Gasteiger partial charge on any atom is -0.494 e. The normalized spacial score (nSPS) is 14.6. The van der Waals surface area contributed by atoms with Crippen LogP contribution in [0.15, 0.2) is 36.7 Å². The second kappa shape index (κ2) is 9.84. The summed E-state index contributed by atoms with van der Waals surface area (Å²) in [4.78, 5) is 23.1. The number of anilines is 2. The highest BCUT2D eigenvalue weighted by Gasteiger charge is 2.11. The molecule has 1 aliphatic rings. The monoisotopic (exact) mass is 371 g/mol. The van der Waals surface area contributed by atoms with Crippen LogP contribution in [0.25, 0.3) is 0 Å². The predicted octanol–water partition coefficient (Wildman–Crippen LogP) is 1.87. The number of carbonyl (C=O) groups is 1. The smallest absolute Gasteiger partial charge is 0.275 e. The summed E-state index contributed by atoms with van der Waals surface area (Å²) in [6, 6.07) is 7.20. The van der Waals surface area contributed by atoms with Crippen LogP contribution in [-0.4, -0.2) is 66.8 Å². The standard InChI is InChI=1S/C19H25N5O3/c1-2-27-16-5-3-15(4-6-16)23-19(25)17-13-22-18(14-21-17)20-7-8-24-9-11-26-12-10-24/h3-6,13-14H,2,7-12H2,1H3,(H,20,22)(H,23,25). The van der Waals surface area contributed by atoms with Crippen molar-refractivity contribution in [1.29, 1.82) is 0 Å². The van der Waals surface area contributed by atoms with Gasteiger partial charge < -0.3 is 20.1 Å². The molecule has 0 saturated carbocycles. The lowest BCUT2D eigenvalue weighted by Gasteiger charge is -2.26. The van der Waals surface area contributed by atoms with Gasteiger partial charge in [0.05, 0.1) is 32.2 Å². The number of nitrogens with one attached hydrogen (secondary N) is 2. The summed E-state index contributed by atoms with van der Waals surface area (Å²) in [6.07, 6.45) is 3.05. The predicted molar refractivity (Wildman–Crippen MR) is 103 cm³/mol. The number of amides is 1. The molecule has 0 atom stereocenters. The van der Waals surface area contributed by atoms with E-state index in [0.717, 1.165) is 45.1 Å². The molecule has 1 aliphatic heterocycles. The molecule has 8 heteroatoms. The summed E-state index contributed by atoms with van der Waals surface area (Å²) in [7, 11) is 0. The Labute approximate surface area is 158 Å². The molecule has 1 fully saturated rings. The van der Waals surface area contributed by atoms with E-state index in [9.17, 15) is 4.79 Å². The highest BCUT2D eigenvalue weighted by molar-refractivity contribution is 6.02. The van der Waals surface area contributed by atoms with Crippen LogP contribution in [0.1, 0.15) is 17.4 Å². The fourth-order valence-electron chi connectivity index (χ4n) is 2.70. The molecule has 0 unspecified atom stereocenters. The van der Waals surface area contributed by atoms with Gasteiger partial charge in [0.15, 0.2) is 0 Å². The number of hydrogen-bond acceptors (Lipinski definition) is 7. The SMILES string of the molecule is CCOc1ccc(NC(=O)c2cnc(NCCN3CCOCC3)cn2)cc1. The number of rotatable bonds is 8. The zero-order valence-electron chi connectivity index (χ0n) is 15.5. The maximum absolute atomic E-state index is 12.3. The van der Waals surface area contributed by atoms with Crippen LogP contribution in [-0.2, 0) is 4.74 Å². The second-order valence-corrected chi connectivity index (χ2v) is 6.08. The summed E-state index contributed by atoms with van der Waals surface area (Å²) >= 11 is 0. The zero-order valence-corrected chi connectivity index (χ0v) is 15.5. The van der Waals surface area contributed by atoms with Gasteiger partial charge in [-0.05, 0) is 31.2 Å². The van der Waals surface area contributed by atoms with Crippen molar-refractivity contribution in [2.75, 3.05) is 56.6 Å². The largest absolute Gasteiger partial charge is 0.494 e. The lowest BCUT2D eigenvalue weighted by atomic mass is 10.3. The third-order valence-electron chi connectivity index (χ3n) is 4.15. The van der Waals surface area contributed by atoms with Crippen molar-refractivity contribution in [3.8, 4) is 5.75 Å². The van der Waals surface area contributed by atoms with Crippen molar-refractivity contribution in [2.45, 2.75) is 6.92 Å². The molecule has 2 aromatic rings. The maximum Gasteiger partial charge on any atom is 0.275 e. The van der Waals surface area contributed by atoms with Gasteiger partial charge in [-0.3, -0.25) is 9.69 Å². The van der Waals surface area contributed by atoms with E-state index in [-0.39, 0.29) is 11.6 Å². The van der Waals surface area contributed by atoms with Gasteiger partial charge in [0.1, 0.15) is 17.3 Å². The Morgan fingerprint density at radius 3 is 2.63 bits per heavy atom. The first-order valence-corrected chi connectivity index (χ1v) is 9.15. The highest BCUT2D eigenvalue weighted by atomic mass is 16.5. The summed E-state index contributed by atoms with van der Waals surface area (Å²) < 4.78 is 10.7. The van der Waals surface area contributed by atoms with Crippen LogP contribution in [0.3, 0.4) is 0 Å². The quantitative estimate of drug-likeness (QED) is 0.732. The third-order valence-corrected chi connectivity index (χ3v) is 4.15. The van der Waals surface area contributed by atoms with Crippen LogP contribution in [0.4, 0.5) is 11.5 Å². The molecule has 27 heavy (non-hydrogen) atoms. The van der Waals surface area contributed by atoms with Gasteiger partial charge in [0.25, 0.3) is 5.91 Å². The number of nitrogens with zero attached hydrogens (tertiary/aromatic N) is 3. The number of benzene rings is 1. The van der Waals surface area contributed by atoms with Crippen molar-refractivity contribution >= 4 is 17.4 Å². The molecular formula is C19H25N5O3. The molecule has 0 spiro atoms. The van der Waals surface area contributed by atoms with Crippen LogP contribution < -0.4 is 15.4 Å². The molecule has 1 aromatic carbocycles. The Kier molecular flexibility index (Phi) is 6.95. The van der Waals surface area contributed by atoms with Crippen molar-refractivity contribution in [2.24, 2.45) is 0 Å². The van der Waals surface area contributed by atoms with Crippen molar-refractivity contribution < 1.29 is 14.3 Å². The first kappa shape index (κ1) is 19.1. The van der Waals surface area contributed by atoms with E-state index in [0.29, 0.717) is 18.1 Å². The van der Waals surface area contributed by atoms with Crippen LogP contribution in [0, 0.1) is 0 Å². The minimum absolute atomic E-state index is 0.266. The Morgan fingerprint density at radius 2 is 1.96 bits per heavy atom. The molecule has 1 saturated heterocycles. The average Bonchev–Trinajstić information content (AvgIpc) is 2.71. The molecule has 8 nitrogen and oxygen atoms in total. The summed E-state index contributed by atoms with van der Waals surface area (Å²) in [6.45, 7) is 7.72. The zero-order chi connectivity index (χ0) is 18.9. The van der Waals surface area contributed by atoms with Gasteiger partial charge in [-0.2, -0.15) is 0 Å². The third kappa shape index (κ3) is 5.90. The van der Waals surface area contributed by atoms with Gasteiger partial charge in [-0.1, -0.05) is 0 Å². The van der Waals surface area contributed by atoms with Gasteiger partial charge in [-0.25, -0.2) is 9.97 Å². The Morgan fingerprint density at radius 1 is 1.19 bits per heavy atom. The van der Waals surface area contributed by atoms with Crippen LogP contribution in [0.2, 0.25) is 0 Å². The average molecular weight is 371 g/mol. The molecule has 3 rings (SSSR count). The molecule has 0 radical (unpaired) electrons. The number of carbonyl (C=O) groups excluding carboxylic acids is 1. The Hall–Kier alpha value is -2.71. The van der Waals surface area contributed by atoms with Crippen LogP contribution >= 0.6 is 0 Å². The second-order valence-electron chi connectivity index (χ2n) is 6.08. The lowest BCUT2D eigenvalue weighted by molar-refractivity contribution is 0.0398. The lowest BCUT2D eigenvalue weighted by Crippen LogP contribution is -2.39. The number of ether oxygens (including phenoxy) is 2. The number of morpholine rings is 1. The Bertz CT molecular complexity index is 715. The molecule has 1 amide bonds. The number of aromatic nitrogens is 2. The molecule has 0 bridgehead atoms. The van der Waals surface area contributed by atoms with E-state index in [1.807, 2.05) is 19.1 Å². The molecule has 1 aromatic heterocycles. The van der Waals surface area contributed by atoms with Gasteiger partial charge in [0.2, 0.25) is 0 Å². The summed E-state index contributed by atoms with van der Waals surface area (Å²) in [5.74, 6) is 1.12. The first-order chi connectivity index (χ1) is 13.2. The highest BCUT2D eigenvalue weighted by Crippen LogP contribution is 2.16. The summed E-state index contributed by atoms with van der Waals surface area (Å²) in [5.41, 5.74) is 0.945. The van der Waals surface area contributed by atoms with Gasteiger partial charge in [0, 0.05) is 31.9 Å². The van der Waals surface area contributed by atoms with E-state index in [2.05, 4.69) is 25.5 Å². The van der Waals surface area contributed by atoms with Crippen molar-refractivity contribution in [3.63, 3.8) is 0 Å². The molecule has 144 valence electrons. The fraction of sp³-hybridized carbons (Fsp3) is 0.421. The minimum atomic E-state index is -0.300. The van der Waals surface area contributed by atoms with Crippen LogP contribution in [0.5, 0.6) is 5.75 Å². The maximum atomic E-state index is 12.3. The van der Waals surface area contributed by atoms with E-state index in [1.165, 1.54) is 6.20 Å². The summed E-state index contributed by atoms with van der Waals surface area (Å²) in [5, 5.41) is 6.02. The van der Waals surface area contributed by atoms with E-state index >= 15 is 0 Å². The van der Waals surface area contributed by atoms with Gasteiger partial charge >= 0.3 is 0 Å².